The minimum atomic E-state index is -3.76. The first kappa shape index (κ1) is 21.8. The first-order valence-electron chi connectivity index (χ1n) is 10.7. The lowest BCUT2D eigenvalue weighted by Gasteiger charge is -2.11. The molecule has 176 valence electrons. The number of halogens is 2. The van der Waals surface area contributed by atoms with E-state index in [-0.39, 0.29) is 28.3 Å². The molecule has 0 radical (unpaired) electrons. The van der Waals surface area contributed by atoms with Crippen molar-refractivity contribution < 1.29 is 32.6 Å². The second-order valence-corrected chi connectivity index (χ2v) is 7.98. The molecule has 2 aliphatic heterocycles. The molecule has 1 N–H and O–H groups in total. The van der Waals surface area contributed by atoms with Crippen molar-refractivity contribution in [1.29, 1.82) is 0 Å². The molecular weight excluding hydrogens is 452 g/mol. The Labute approximate surface area is 191 Å². The predicted molar refractivity (Wildman–Crippen MR) is 115 cm³/mol. The minimum Gasteiger partial charge on any atom is -0.452 e. The van der Waals surface area contributed by atoms with Crippen molar-refractivity contribution in [3.05, 3.63) is 58.1 Å². The SMILES string of the molecule is O=C(COC(=O)c1ccc2c(=O)n3c(nc2c1)CCCCC3)Nc1ccc2c(c1)OC(F)(F)O2. The molecule has 0 bridgehead atoms. The van der Waals surface area contributed by atoms with Crippen LogP contribution in [0.2, 0.25) is 0 Å². The van der Waals surface area contributed by atoms with Gasteiger partial charge >= 0.3 is 12.3 Å². The molecular formula is C23H19F2N3O6. The average Bonchev–Trinajstić information content (AvgIpc) is 2.94. The molecule has 3 heterocycles. The molecule has 5 rings (SSSR count). The van der Waals surface area contributed by atoms with Crippen molar-refractivity contribution in [3.8, 4) is 11.5 Å². The molecule has 0 spiro atoms. The lowest BCUT2D eigenvalue weighted by Crippen LogP contribution is -2.25. The Bertz CT molecular complexity index is 1370. The Morgan fingerprint density at radius 2 is 1.91 bits per heavy atom. The van der Waals surface area contributed by atoms with E-state index in [2.05, 4.69) is 19.8 Å². The topological polar surface area (TPSA) is 109 Å². The highest BCUT2D eigenvalue weighted by atomic mass is 19.3. The Hall–Kier alpha value is -4.02. The number of aromatic nitrogens is 2. The maximum atomic E-state index is 13.1. The number of aryl methyl sites for hydroxylation is 1. The third-order valence-electron chi connectivity index (χ3n) is 5.57. The molecule has 0 fully saturated rings. The molecule has 1 aromatic heterocycles. The van der Waals surface area contributed by atoms with E-state index in [1.54, 1.807) is 4.57 Å². The summed E-state index contributed by atoms with van der Waals surface area (Å²) in [6, 6.07) is 8.20. The second kappa shape index (κ2) is 8.40. The van der Waals surface area contributed by atoms with Crippen LogP contribution >= 0.6 is 0 Å². The number of esters is 1. The van der Waals surface area contributed by atoms with Gasteiger partial charge in [-0.15, -0.1) is 8.78 Å². The van der Waals surface area contributed by atoms with Gasteiger partial charge in [0, 0.05) is 24.7 Å². The molecule has 2 aromatic carbocycles. The fraction of sp³-hybridized carbons (Fsp3) is 0.304. The van der Waals surface area contributed by atoms with E-state index in [0.29, 0.717) is 29.7 Å². The average molecular weight is 471 g/mol. The molecule has 0 aliphatic carbocycles. The molecule has 2 aliphatic rings. The van der Waals surface area contributed by atoms with Crippen LogP contribution in [-0.4, -0.2) is 34.3 Å². The number of nitrogens with zero attached hydrogens (tertiary/aromatic N) is 2. The van der Waals surface area contributed by atoms with Gasteiger partial charge < -0.3 is 19.5 Å². The van der Waals surface area contributed by atoms with Gasteiger partial charge in [-0.05, 0) is 43.2 Å². The number of rotatable bonds is 4. The van der Waals surface area contributed by atoms with Gasteiger partial charge in [0.25, 0.3) is 11.5 Å². The molecule has 1 amide bonds. The summed E-state index contributed by atoms with van der Waals surface area (Å²) in [6.07, 6.45) is -0.180. The first-order valence-corrected chi connectivity index (χ1v) is 10.7. The zero-order chi connectivity index (χ0) is 23.9. The molecule has 0 saturated carbocycles. The number of nitrogens with one attached hydrogen (secondary N) is 1. The minimum absolute atomic E-state index is 0.136. The van der Waals surface area contributed by atoms with E-state index in [1.807, 2.05) is 0 Å². The molecule has 0 saturated heterocycles. The van der Waals surface area contributed by atoms with Crippen LogP contribution in [0.15, 0.2) is 41.2 Å². The number of alkyl halides is 2. The summed E-state index contributed by atoms with van der Waals surface area (Å²) < 4.78 is 41.6. The number of anilines is 1. The van der Waals surface area contributed by atoms with E-state index in [1.165, 1.54) is 36.4 Å². The van der Waals surface area contributed by atoms with Crippen LogP contribution in [0.25, 0.3) is 10.9 Å². The lowest BCUT2D eigenvalue weighted by atomic mass is 10.1. The van der Waals surface area contributed by atoms with Crippen molar-refractivity contribution in [2.75, 3.05) is 11.9 Å². The van der Waals surface area contributed by atoms with Crippen molar-refractivity contribution >= 4 is 28.5 Å². The van der Waals surface area contributed by atoms with Crippen molar-refractivity contribution in [3.63, 3.8) is 0 Å². The van der Waals surface area contributed by atoms with Crippen LogP contribution in [-0.2, 0) is 22.5 Å². The fourth-order valence-corrected chi connectivity index (χ4v) is 3.98. The number of fused-ring (bicyclic) bond motifs is 3. The number of benzene rings is 2. The molecule has 3 aromatic rings. The van der Waals surface area contributed by atoms with Gasteiger partial charge in [0.1, 0.15) is 5.82 Å². The summed E-state index contributed by atoms with van der Waals surface area (Å²) in [5, 5.41) is 2.84. The van der Waals surface area contributed by atoms with Gasteiger partial charge in [-0.2, -0.15) is 0 Å². The van der Waals surface area contributed by atoms with Crippen molar-refractivity contribution in [2.24, 2.45) is 0 Å². The van der Waals surface area contributed by atoms with Gasteiger partial charge in [0.05, 0.1) is 16.5 Å². The summed E-state index contributed by atoms with van der Waals surface area (Å²) in [5.41, 5.74) is 0.574. The monoisotopic (exact) mass is 471 g/mol. The largest absolute Gasteiger partial charge is 0.586 e. The highest BCUT2D eigenvalue weighted by Crippen LogP contribution is 2.42. The predicted octanol–water partition coefficient (Wildman–Crippen LogP) is 3.24. The van der Waals surface area contributed by atoms with Crippen molar-refractivity contribution in [2.45, 2.75) is 38.5 Å². The summed E-state index contributed by atoms with van der Waals surface area (Å²) in [4.78, 5) is 42.0. The van der Waals surface area contributed by atoms with Crippen LogP contribution in [0.5, 0.6) is 11.5 Å². The highest BCUT2D eigenvalue weighted by Gasteiger charge is 2.43. The van der Waals surface area contributed by atoms with Gasteiger partial charge in [-0.3, -0.25) is 14.2 Å². The smallest absolute Gasteiger partial charge is 0.452 e. The second-order valence-electron chi connectivity index (χ2n) is 7.98. The zero-order valence-corrected chi connectivity index (χ0v) is 17.8. The highest BCUT2D eigenvalue weighted by molar-refractivity contribution is 5.97. The quantitative estimate of drug-likeness (QED) is 0.582. The van der Waals surface area contributed by atoms with Gasteiger partial charge in [0.15, 0.2) is 18.1 Å². The molecule has 9 nitrogen and oxygen atoms in total. The maximum absolute atomic E-state index is 13.1. The van der Waals surface area contributed by atoms with Gasteiger partial charge in [0.2, 0.25) is 0 Å². The number of carbonyl (C=O) groups is 2. The Morgan fingerprint density at radius 3 is 2.76 bits per heavy atom. The third-order valence-corrected chi connectivity index (χ3v) is 5.57. The molecule has 0 unspecified atom stereocenters. The molecule has 0 atom stereocenters. The standard InChI is InChI=1S/C23H19F2N3O6/c24-23(25)33-17-8-6-14(11-18(17)34-23)26-20(29)12-32-22(31)13-5-7-15-16(10-13)27-19-4-2-1-3-9-28(19)21(15)30/h5-8,10-11H,1-4,9,12H2,(H,26,29). The summed E-state index contributed by atoms with van der Waals surface area (Å²) >= 11 is 0. The Morgan fingerprint density at radius 1 is 1.09 bits per heavy atom. The van der Waals surface area contributed by atoms with Crippen LogP contribution in [0, 0.1) is 0 Å². The summed E-state index contributed by atoms with van der Waals surface area (Å²) in [6.45, 7) is 0.0174. The van der Waals surface area contributed by atoms with Crippen LogP contribution in [0.3, 0.4) is 0 Å². The van der Waals surface area contributed by atoms with Crippen LogP contribution in [0.1, 0.15) is 35.4 Å². The summed E-state index contributed by atoms with van der Waals surface area (Å²) in [7, 11) is 0. The summed E-state index contributed by atoms with van der Waals surface area (Å²) in [5.74, 6) is -1.13. The number of amides is 1. The van der Waals surface area contributed by atoms with E-state index in [9.17, 15) is 23.2 Å². The number of hydrogen-bond donors (Lipinski definition) is 1. The van der Waals surface area contributed by atoms with Gasteiger partial charge in [-0.25, -0.2) is 9.78 Å². The third kappa shape index (κ3) is 4.28. The van der Waals surface area contributed by atoms with E-state index in [0.717, 1.165) is 19.3 Å². The van der Waals surface area contributed by atoms with Crippen LogP contribution in [0.4, 0.5) is 14.5 Å². The number of hydrogen-bond acceptors (Lipinski definition) is 7. The Kier molecular flexibility index (Phi) is 5.39. The number of ether oxygens (including phenoxy) is 3. The molecule has 34 heavy (non-hydrogen) atoms. The Balaban J connectivity index is 1.25. The van der Waals surface area contributed by atoms with Crippen molar-refractivity contribution in [1.82, 2.24) is 9.55 Å². The van der Waals surface area contributed by atoms with E-state index >= 15 is 0 Å². The normalized spacial score (nSPS) is 15.9. The maximum Gasteiger partial charge on any atom is 0.586 e. The lowest BCUT2D eigenvalue weighted by molar-refractivity contribution is -0.286. The van der Waals surface area contributed by atoms with E-state index < -0.39 is 24.8 Å². The molecule has 11 heteroatoms. The zero-order valence-electron chi connectivity index (χ0n) is 17.8. The van der Waals surface area contributed by atoms with Crippen LogP contribution < -0.4 is 20.3 Å². The van der Waals surface area contributed by atoms with E-state index in [4.69, 9.17) is 4.74 Å². The first-order chi connectivity index (χ1) is 16.3. The number of carbonyl (C=O) groups excluding carboxylic acids is 2. The van der Waals surface area contributed by atoms with Gasteiger partial charge in [-0.1, -0.05) is 6.42 Å². The fourth-order valence-electron chi connectivity index (χ4n) is 3.98.